The van der Waals surface area contributed by atoms with Crippen LogP contribution < -0.4 is 0 Å². The Balaban J connectivity index is 1.95. The Morgan fingerprint density at radius 3 is 1.97 bits per heavy atom. The van der Waals surface area contributed by atoms with Crippen molar-refractivity contribution in [3.63, 3.8) is 0 Å². The number of hydrogen-bond donors (Lipinski definition) is 0. The van der Waals surface area contributed by atoms with E-state index in [1.54, 1.807) is 6.92 Å². The molecule has 1 heterocycles. The molecule has 210 valence electrons. The molecule has 1 aromatic heterocycles. The molecule has 2 aromatic carbocycles. The summed E-state index contributed by atoms with van der Waals surface area (Å²) in [5.74, 6) is -1.71. The summed E-state index contributed by atoms with van der Waals surface area (Å²) in [6, 6.07) is 13.6. The van der Waals surface area contributed by atoms with Gasteiger partial charge in [-0.15, -0.1) is 11.3 Å². The van der Waals surface area contributed by atoms with Gasteiger partial charge in [-0.3, -0.25) is 9.59 Å². The molecule has 0 aliphatic rings. The number of benzene rings is 2. The minimum atomic E-state index is -5.10. The lowest BCUT2D eigenvalue weighted by Gasteiger charge is -2.29. The van der Waals surface area contributed by atoms with E-state index in [-0.39, 0.29) is 31.6 Å². The summed E-state index contributed by atoms with van der Waals surface area (Å²) < 4.78 is 80.5. The summed E-state index contributed by atoms with van der Waals surface area (Å²) in [5.41, 5.74) is -3.12. The summed E-state index contributed by atoms with van der Waals surface area (Å²) in [7, 11) is 0. The van der Waals surface area contributed by atoms with Crippen LogP contribution in [-0.4, -0.2) is 34.7 Å². The molecule has 39 heavy (non-hydrogen) atoms. The Hall–Kier alpha value is -3.34. The third kappa shape index (κ3) is 8.58. The predicted octanol–water partition coefficient (Wildman–Crippen LogP) is 7.50. The van der Waals surface area contributed by atoms with Gasteiger partial charge in [-0.2, -0.15) is 26.3 Å². The fourth-order valence-corrected chi connectivity index (χ4v) is 4.59. The van der Waals surface area contributed by atoms with Gasteiger partial charge in [0.25, 0.3) is 5.91 Å². The fraction of sp³-hybridized carbons (Fsp3) is 0.357. The second-order valence-electron chi connectivity index (χ2n) is 9.31. The molecule has 0 fully saturated rings. The van der Waals surface area contributed by atoms with E-state index in [2.05, 4.69) is 0 Å². The van der Waals surface area contributed by atoms with Crippen LogP contribution in [0.2, 0.25) is 0 Å². The molecule has 4 nitrogen and oxygen atoms in total. The van der Waals surface area contributed by atoms with E-state index in [4.69, 9.17) is 0 Å². The second-order valence-corrected chi connectivity index (χ2v) is 10.3. The zero-order valence-corrected chi connectivity index (χ0v) is 22.2. The highest BCUT2D eigenvalue weighted by Gasteiger charge is 2.38. The number of rotatable bonds is 10. The SMILES string of the molecule is CCC(C)CN(CC(=O)N(Cc1ccccc1)Cc1cccs1)C(=O)c1cc(C(F)(F)F)cc(C(F)(F)F)c1. The normalized spacial score (nSPS) is 12.7. The Bertz CT molecular complexity index is 1210. The van der Waals surface area contributed by atoms with Gasteiger partial charge in [0.15, 0.2) is 0 Å². The maximum Gasteiger partial charge on any atom is 0.416 e. The first-order valence-electron chi connectivity index (χ1n) is 12.2. The van der Waals surface area contributed by atoms with E-state index in [0.29, 0.717) is 18.6 Å². The Kier molecular flexibility index (Phi) is 9.82. The molecule has 0 bridgehead atoms. The average molecular weight is 571 g/mol. The van der Waals surface area contributed by atoms with Crippen molar-refractivity contribution in [2.45, 2.75) is 45.7 Å². The number of amides is 2. The van der Waals surface area contributed by atoms with Gasteiger partial charge < -0.3 is 9.80 Å². The number of nitrogens with zero attached hydrogens (tertiary/aromatic N) is 2. The van der Waals surface area contributed by atoms with Crippen LogP contribution in [0.5, 0.6) is 0 Å². The van der Waals surface area contributed by atoms with Gasteiger partial charge in [0.1, 0.15) is 6.54 Å². The topological polar surface area (TPSA) is 40.6 Å². The Morgan fingerprint density at radius 2 is 1.46 bits per heavy atom. The Morgan fingerprint density at radius 1 is 0.846 bits per heavy atom. The maximum absolute atomic E-state index is 13.5. The zero-order valence-electron chi connectivity index (χ0n) is 21.4. The molecule has 0 aliphatic heterocycles. The third-order valence-corrected chi connectivity index (χ3v) is 7.03. The van der Waals surface area contributed by atoms with Gasteiger partial charge in [-0.05, 0) is 41.1 Å². The molecule has 3 rings (SSSR count). The zero-order chi connectivity index (χ0) is 28.8. The van der Waals surface area contributed by atoms with Crippen molar-refractivity contribution >= 4 is 23.2 Å². The first-order valence-corrected chi connectivity index (χ1v) is 13.1. The first-order chi connectivity index (χ1) is 18.3. The molecule has 0 saturated carbocycles. The van der Waals surface area contributed by atoms with E-state index in [0.717, 1.165) is 15.3 Å². The molecule has 1 unspecified atom stereocenters. The van der Waals surface area contributed by atoms with Crippen molar-refractivity contribution in [1.82, 2.24) is 9.80 Å². The van der Waals surface area contributed by atoms with E-state index < -0.39 is 47.4 Å². The van der Waals surface area contributed by atoms with Crippen LogP contribution in [0.4, 0.5) is 26.3 Å². The highest BCUT2D eigenvalue weighted by molar-refractivity contribution is 7.09. The molecular formula is C28H28F6N2O2S. The van der Waals surface area contributed by atoms with Gasteiger partial charge >= 0.3 is 12.4 Å². The van der Waals surface area contributed by atoms with Crippen molar-refractivity contribution in [1.29, 1.82) is 0 Å². The number of halogens is 6. The van der Waals surface area contributed by atoms with Gasteiger partial charge in [-0.1, -0.05) is 56.7 Å². The fourth-order valence-electron chi connectivity index (χ4n) is 3.88. The van der Waals surface area contributed by atoms with E-state index in [9.17, 15) is 35.9 Å². The predicted molar refractivity (Wildman–Crippen MR) is 137 cm³/mol. The lowest BCUT2D eigenvalue weighted by atomic mass is 10.0. The number of carbonyl (C=O) groups excluding carboxylic acids is 2. The molecule has 0 aliphatic carbocycles. The van der Waals surface area contributed by atoms with Gasteiger partial charge in [0.2, 0.25) is 5.91 Å². The molecule has 3 aromatic rings. The summed E-state index contributed by atoms with van der Waals surface area (Å²) in [4.78, 5) is 30.4. The summed E-state index contributed by atoms with van der Waals surface area (Å²) in [5, 5.41) is 1.85. The monoisotopic (exact) mass is 570 g/mol. The molecule has 0 spiro atoms. The van der Waals surface area contributed by atoms with Crippen LogP contribution in [0.1, 0.15) is 52.2 Å². The molecular weight excluding hydrogens is 542 g/mol. The lowest BCUT2D eigenvalue weighted by Crippen LogP contribution is -2.44. The van der Waals surface area contributed by atoms with Crippen LogP contribution in [0, 0.1) is 5.92 Å². The average Bonchev–Trinajstić information content (AvgIpc) is 3.40. The Labute approximate surface area is 226 Å². The standard InChI is InChI=1S/C28H28F6N2O2S/c1-3-19(2)15-36(26(38)21-12-22(27(29,30)31)14-23(13-21)28(32,33)34)18-25(37)35(17-24-10-7-11-39-24)16-20-8-5-4-6-9-20/h4-14,19H,3,15-18H2,1-2H3. The molecule has 0 N–H and O–H groups in total. The largest absolute Gasteiger partial charge is 0.416 e. The summed E-state index contributed by atoms with van der Waals surface area (Å²) in [6.45, 7) is 3.55. The molecule has 0 saturated heterocycles. The summed E-state index contributed by atoms with van der Waals surface area (Å²) in [6.07, 6.45) is -9.61. The number of carbonyl (C=O) groups is 2. The highest BCUT2D eigenvalue weighted by Crippen LogP contribution is 2.36. The highest BCUT2D eigenvalue weighted by atomic mass is 32.1. The number of alkyl halides is 6. The van der Waals surface area contributed by atoms with Gasteiger partial charge in [0, 0.05) is 23.5 Å². The van der Waals surface area contributed by atoms with Crippen LogP contribution in [-0.2, 0) is 30.2 Å². The molecule has 11 heteroatoms. The molecule has 2 amide bonds. The third-order valence-electron chi connectivity index (χ3n) is 6.17. The molecule has 0 radical (unpaired) electrons. The van der Waals surface area contributed by atoms with Crippen molar-refractivity contribution < 1.29 is 35.9 Å². The number of thiophene rings is 1. The van der Waals surface area contributed by atoms with Crippen LogP contribution >= 0.6 is 11.3 Å². The van der Waals surface area contributed by atoms with E-state index in [1.807, 2.05) is 54.8 Å². The van der Waals surface area contributed by atoms with Crippen molar-refractivity contribution in [2.24, 2.45) is 5.92 Å². The minimum absolute atomic E-state index is 0.0170. The molecule has 1 atom stereocenters. The maximum atomic E-state index is 13.5. The van der Waals surface area contributed by atoms with Crippen molar-refractivity contribution in [2.75, 3.05) is 13.1 Å². The second kappa shape index (κ2) is 12.7. The number of hydrogen-bond acceptors (Lipinski definition) is 3. The van der Waals surface area contributed by atoms with Crippen molar-refractivity contribution in [3.05, 3.63) is 93.2 Å². The summed E-state index contributed by atoms with van der Waals surface area (Å²) >= 11 is 1.44. The van der Waals surface area contributed by atoms with Crippen molar-refractivity contribution in [3.8, 4) is 0 Å². The quantitative estimate of drug-likeness (QED) is 0.237. The van der Waals surface area contributed by atoms with Gasteiger partial charge in [-0.25, -0.2) is 0 Å². The minimum Gasteiger partial charge on any atom is -0.332 e. The van der Waals surface area contributed by atoms with Gasteiger partial charge in [0.05, 0.1) is 17.7 Å². The smallest absolute Gasteiger partial charge is 0.332 e. The van der Waals surface area contributed by atoms with Crippen LogP contribution in [0.25, 0.3) is 0 Å². The lowest BCUT2D eigenvalue weighted by molar-refractivity contribution is -0.143. The van der Waals surface area contributed by atoms with E-state index >= 15 is 0 Å². The van der Waals surface area contributed by atoms with E-state index in [1.165, 1.54) is 16.2 Å². The van der Waals surface area contributed by atoms with Crippen LogP contribution in [0.15, 0.2) is 66.0 Å². The first kappa shape index (κ1) is 30.2. The van der Waals surface area contributed by atoms with Crippen LogP contribution in [0.3, 0.4) is 0 Å².